The van der Waals surface area contributed by atoms with Gasteiger partial charge in [-0.25, -0.2) is 4.79 Å². The summed E-state index contributed by atoms with van der Waals surface area (Å²) in [6, 6.07) is 7.40. The predicted molar refractivity (Wildman–Crippen MR) is 57.8 cm³/mol. The molecular formula is C12H16O3. The quantitative estimate of drug-likeness (QED) is 0.808. The van der Waals surface area contributed by atoms with E-state index in [1.165, 1.54) is 0 Å². The van der Waals surface area contributed by atoms with Crippen molar-refractivity contribution in [2.75, 3.05) is 6.61 Å². The van der Waals surface area contributed by atoms with Gasteiger partial charge in [-0.2, -0.15) is 0 Å². The van der Waals surface area contributed by atoms with Gasteiger partial charge in [-0.05, 0) is 18.9 Å². The lowest BCUT2D eigenvalue weighted by Crippen LogP contribution is -2.15. The molecule has 0 aliphatic carbocycles. The molecule has 0 heterocycles. The largest absolute Gasteiger partial charge is 0.479 e. The van der Waals surface area contributed by atoms with Gasteiger partial charge in [-0.3, -0.25) is 0 Å². The van der Waals surface area contributed by atoms with Crippen LogP contribution in [0, 0.1) is 6.92 Å². The maximum atomic E-state index is 11.0. The van der Waals surface area contributed by atoms with Crippen LogP contribution in [-0.4, -0.2) is 17.7 Å². The average molecular weight is 208 g/mol. The molecule has 0 bridgehead atoms. The van der Waals surface area contributed by atoms with E-state index in [-0.39, 0.29) is 0 Å². The van der Waals surface area contributed by atoms with E-state index in [1.54, 1.807) is 6.07 Å². The summed E-state index contributed by atoms with van der Waals surface area (Å²) in [6.07, 6.45) is -0.0277. The van der Waals surface area contributed by atoms with E-state index >= 15 is 0 Å². The van der Waals surface area contributed by atoms with Crippen LogP contribution in [0.15, 0.2) is 24.3 Å². The first kappa shape index (κ1) is 11.7. The van der Waals surface area contributed by atoms with Crippen molar-refractivity contribution in [1.82, 2.24) is 0 Å². The molecule has 15 heavy (non-hydrogen) atoms. The molecule has 0 aliphatic heterocycles. The second-order valence-corrected chi connectivity index (χ2v) is 3.50. The van der Waals surface area contributed by atoms with E-state index in [2.05, 4.69) is 0 Å². The number of ether oxygens (including phenoxy) is 1. The minimum absolute atomic E-state index is 0.463. The number of benzene rings is 1. The Bertz CT molecular complexity index is 333. The molecule has 82 valence electrons. The zero-order valence-electron chi connectivity index (χ0n) is 9.06. The number of carboxylic acids is 1. The molecule has 1 rings (SSSR count). The van der Waals surface area contributed by atoms with E-state index in [0.717, 1.165) is 12.0 Å². The third-order valence-corrected chi connectivity index (χ3v) is 2.06. The number of aryl methyl sites for hydroxylation is 1. The van der Waals surface area contributed by atoms with Crippen LogP contribution in [0.3, 0.4) is 0 Å². The highest BCUT2D eigenvalue weighted by atomic mass is 16.5. The Morgan fingerprint density at radius 3 is 2.80 bits per heavy atom. The van der Waals surface area contributed by atoms with Gasteiger partial charge in [0.25, 0.3) is 0 Å². The minimum Gasteiger partial charge on any atom is -0.479 e. The van der Waals surface area contributed by atoms with E-state index in [9.17, 15) is 4.79 Å². The molecule has 0 spiro atoms. The monoisotopic (exact) mass is 208 g/mol. The third kappa shape index (κ3) is 3.36. The molecular weight excluding hydrogens is 192 g/mol. The summed E-state index contributed by atoms with van der Waals surface area (Å²) >= 11 is 0. The molecule has 0 aliphatic rings. The van der Waals surface area contributed by atoms with Crippen LogP contribution in [0.2, 0.25) is 0 Å². The summed E-state index contributed by atoms with van der Waals surface area (Å²) in [6.45, 7) is 4.35. The van der Waals surface area contributed by atoms with Crippen molar-refractivity contribution in [3.05, 3.63) is 35.4 Å². The molecule has 0 aromatic heterocycles. The first-order valence-electron chi connectivity index (χ1n) is 5.06. The molecule has 3 heteroatoms. The van der Waals surface area contributed by atoms with Gasteiger partial charge in [0.15, 0.2) is 6.10 Å². The Morgan fingerprint density at radius 1 is 1.53 bits per heavy atom. The third-order valence-electron chi connectivity index (χ3n) is 2.06. The summed E-state index contributed by atoms with van der Waals surface area (Å²) in [5.41, 5.74) is 1.75. The number of aliphatic carboxylic acids is 1. The van der Waals surface area contributed by atoms with Crippen molar-refractivity contribution in [2.45, 2.75) is 26.4 Å². The smallest absolute Gasteiger partial charge is 0.337 e. The van der Waals surface area contributed by atoms with Gasteiger partial charge in [-0.15, -0.1) is 0 Å². The Hall–Kier alpha value is -1.35. The lowest BCUT2D eigenvalue weighted by Gasteiger charge is -2.13. The van der Waals surface area contributed by atoms with Crippen molar-refractivity contribution in [3.8, 4) is 0 Å². The van der Waals surface area contributed by atoms with Crippen LogP contribution in [-0.2, 0) is 9.53 Å². The molecule has 0 fully saturated rings. The molecule has 0 saturated heterocycles. The molecule has 1 aromatic carbocycles. The van der Waals surface area contributed by atoms with Crippen LogP contribution in [0.5, 0.6) is 0 Å². The van der Waals surface area contributed by atoms with Gasteiger partial charge >= 0.3 is 5.97 Å². The fourth-order valence-corrected chi connectivity index (χ4v) is 1.38. The summed E-state index contributed by atoms with van der Waals surface area (Å²) in [7, 11) is 0. The molecule has 0 saturated carbocycles. The highest BCUT2D eigenvalue weighted by Crippen LogP contribution is 2.18. The van der Waals surface area contributed by atoms with Gasteiger partial charge in [0.1, 0.15) is 0 Å². The van der Waals surface area contributed by atoms with Crippen LogP contribution in [0.1, 0.15) is 30.6 Å². The SMILES string of the molecule is CCCOC(C(=O)O)c1cccc(C)c1. The summed E-state index contributed by atoms with van der Waals surface area (Å²) in [5.74, 6) is -0.936. The van der Waals surface area contributed by atoms with Crippen molar-refractivity contribution in [2.24, 2.45) is 0 Å². The zero-order chi connectivity index (χ0) is 11.3. The van der Waals surface area contributed by atoms with E-state index in [1.807, 2.05) is 32.0 Å². The summed E-state index contributed by atoms with van der Waals surface area (Å²) < 4.78 is 5.29. The van der Waals surface area contributed by atoms with Gasteiger partial charge in [-0.1, -0.05) is 36.8 Å². The molecule has 1 atom stereocenters. The predicted octanol–water partition coefficient (Wildman–Crippen LogP) is 2.55. The molecule has 1 N–H and O–H groups in total. The number of carboxylic acid groups (broad SMARTS) is 1. The fourth-order valence-electron chi connectivity index (χ4n) is 1.38. The Morgan fingerprint density at radius 2 is 2.27 bits per heavy atom. The van der Waals surface area contributed by atoms with Crippen molar-refractivity contribution < 1.29 is 14.6 Å². The zero-order valence-corrected chi connectivity index (χ0v) is 9.06. The first-order valence-corrected chi connectivity index (χ1v) is 5.06. The normalized spacial score (nSPS) is 12.4. The summed E-state index contributed by atoms with van der Waals surface area (Å²) in [4.78, 5) is 11.0. The number of rotatable bonds is 5. The lowest BCUT2D eigenvalue weighted by molar-refractivity contribution is -0.150. The summed E-state index contributed by atoms with van der Waals surface area (Å²) in [5, 5.41) is 9.02. The minimum atomic E-state index is -0.936. The highest BCUT2D eigenvalue weighted by Gasteiger charge is 2.19. The molecule has 1 unspecified atom stereocenters. The molecule has 3 nitrogen and oxygen atoms in total. The Balaban J connectivity index is 2.84. The van der Waals surface area contributed by atoms with Crippen molar-refractivity contribution in [3.63, 3.8) is 0 Å². The van der Waals surface area contributed by atoms with Crippen molar-refractivity contribution in [1.29, 1.82) is 0 Å². The van der Waals surface area contributed by atoms with Crippen LogP contribution < -0.4 is 0 Å². The maximum absolute atomic E-state index is 11.0. The molecule has 1 aromatic rings. The fraction of sp³-hybridized carbons (Fsp3) is 0.417. The van der Waals surface area contributed by atoms with Gasteiger partial charge in [0.2, 0.25) is 0 Å². The number of hydrogen-bond donors (Lipinski definition) is 1. The van der Waals surface area contributed by atoms with E-state index in [4.69, 9.17) is 9.84 Å². The first-order chi connectivity index (χ1) is 7.15. The average Bonchev–Trinajstić information content (AvgIpc) is 2.18. The van der Waals surface area contributed by atoms with Gasteiger partial charge in [0, 0.05) is 6.61 Å². The molecule has 0 amide bonds. The number of hydrogen-bond acceptors (Lipinski definition) is 2. The van der Waals surface area contributed by atoms with Gasteiger partial charge < -0.3 is 9.84 Å². The Kier molecular flexibility index (Phi) is 4.31. The van der Waals surface area contributed by atoms with Crippen LogP contribution in [0.4, 0.5) is 0 Å². The topological polar surface area (TPSA) is 46.5 Å². The second kappa shape index (κ2) is 5.51. The Labute approximate surface area is 89.7 Å². The van der Waals surface area contributed by atoms with Crippen LogP contribution in [0.25, 0.3) is 0 Å². The highest BCUT2D eigenvalue weighted by molar-refractivity contribution is 5.74. The standard InChI is InChI=1S/C12H16O3/c1-3-7-15-11(12(13)14)10-6-4-5-9(2)8-10/h4-6,8,11H,3,7H2,1-2H3,(H,13,14). The maximum Gasteiger partial charge on any atom is 0.337 e. The lowest BCUT2D eigenvalue weighted by atomic mass is 10.1. The van der Waals surface area contributed by atoms with Crippen molar-refractivity contribution >= 4 is 5.97 Å². The van der Waals surface area contributed by atoms with E-state index < -0.39 is 12.1 Å². The molecule has 0 radical (unpaired) electrons. The van der Waals surface area contributed by atoms with E-state index in [0.29, 0.717) is 12.2 Å². The number of carbonyl (C=O) groups is 1. The second-order valence-electron chi connectivity index (χ2n) is 3.50. The van der Waals surface area contributed by atoms with Gasteiger partial charge in [0.05, 0.1) is 0 Å². The van der Waals surface area contributed by atoms with Crippen LogP contribution >= 0.6 is 0 Å².